The summed E-state index contributed by atoms with van der Waals surface area (Å²) in [5.74, 6) is 1.39. The first-order valence-corrected chi connectivity index (χ1v) is 9.31. The van der Waals surface area contributed by atoms with Crippen molar-refractivity contribution in [2.75, 3.05) is 29.1 Å². The van der Waals surface area contributed by atoms with Gasteiger partial charge < -0.3 is 10.2 Å². The highest BCUT2D eigenvalue weighted by atomic mass is 32.2. The van der Waals surface area contributed by atoms with E-state index in [0.717, 1.165) is 29.5 Å². The standard InChI is InChI=1S/C19H23N3OS/c1-14-5-6-15(2)17(11-14)24-13-19(23)21-16-7-8-18(20-12-16)22-9-3-4-10-22/h5-8,11-12H,3-4,9-10,13H2,1-2H3,(H,21,23). The van der Waals surface area contributed by atoms with Crippen LogP contribution in [0.3, 0.4) is 0 Å². The molecule has 0 saturated carbocycles. The maximum atomic E-state index is 12.2. The number of rotatable bonds is 5. The highest BCUT2D eigenvalue weighted by molar-refractivity contribution is 8.00. The molecule has 0 bridgehead atoms. The molecule has 3 rings (SSSR count). The fourth-order valence-electron chi connectivity index (χ4n) is 2.80. The smallest absolute Gasteiger partial charge is 0.234 e. The zero-order valence-electron chi connectivity index (χ0n) is 14.2. The molecule has 1 aliphatic heterocycles. The van der Waals surface area contributed by atoms with Gasteiger partial charge in [-0.2, -0.15) is 0 Å². The third-order valence-electron chi connectivity index (χ3n) is 4.16. The molecule has 0 spiro atoms. The van der Waals surface area contributed by atoms with E-state index in [0.29, 0.717) is 5.75 Å². The van der Waals surface area contributed by atoms with E-state index in [1.54, 1.807) is 18.0 Å². The van der Waals surface area contributed by atoms with Crippen molar-refractivity contribution < 1.29 is 4.79 Å². The second kappa shape index (κ2) is 7.71. The van der Waals surface area contributed by atoms with Gasteiger partial charge in [-0.05, 0) is 50.5 Å². The Hall–Kier alpha value is -2.01. The SMILES string of the molecule is Cc1ccc(C)c(SCC(=O)Nc2ccc(N3CCCC3)nc2)c1. The Labute approximate surface area is 147 Å². The molecular formula is C19H23N3OS. The predicted octanol–water partition coefficient (Wildman–Crippen LogP) is 4.03. The fourth-order valence-corrected chi connectivity index (χ4v) is 3.72. The van der Waals surface area contributed by atoms with E-state index in [1.165, 1.54) is 24.0 Å². The van der Waals surface area contributed by atoms with Crippen LogP contribution in [0, 0.1) is 13.8 Å². The van der Waals surface area contributed by atoms with Crippen LogP contribution in [0.15, 0.2) is 41.4 Å². The normalized spacial score (nSPS) is 14.0. The van der Waals surface area contributed by atoms with Gasteiger partial charge in [0.15, 0.2) is 0 Å². The van der Waals surface area contributed by atoms with E-state index >= 15 is 0 Å². The van der Waals surface area contributed by atoms with Gasteiger partial charge in [0.05, 0.1) is 17.6 Å². The van der Waals surface area contributed by atoms with Gasteiger partial charge in [0.2, 0.25) is 5.91 Å². The van der Waals surface area contributed by atoms with Gasteiger partial charge in [0.25, 0.3) is 0 Å². The van der Waals surface area contributed by atoms with Gasteiger partial charge in [-0.15, -0.1) is 11.8 Å². The van der Waals surface area contributed by atoms with Gasteiger partial charge >= 0.3 is 0 Å². The summed E-state index contributed by atoms with van der Waals surface area (Å²) in [4.78, 5) is 20.1. The lowest BCUT2D eigenvalue weighted by molar-refractivity contribution is -0.113. The van der Waals surface area contributed by atoms with Gasteiger partial charge in [-0.1, -0.05) is 17.7 Å². The van der Waals surface area contributed by atoms with Gasteiger partial charge in [0.1, 0.15) is 5.82 Å². The Morgan fingerprint density at radius 1 is 1.21 bits per heavy atom. The number of pyridine rings is 1. The monoisotopic (exact) mass is 341 g/mol. The summed E-state index contributed by atoms with van der Waals surface area (Å²) in [6.07, 6.45) is 4.21. The Morgan fingerprint density at radius 2 is 2.00 bits per heavy atom. The second-order valence-electron chi connectivity index (χ2n) is 6.21. The van der Waals surface area contributed by atoms with E-state index in [-0.39, 0.29) is 5.91 Å². The Kier molecular flexibility index (Phi) is 5.41. The van der Waals surface area contributed by atoms with E-state index in [4.69, 9.17) is 0 Å². The molecule has 0 aliphatic carbocycles. The average molecular weight is 341 g/mol. The van der Waals surface area contributed by atoms with Crippen LogP contribution in [0.4, 0.5) is 11.5 Å². The Balaban J connectivity index is 1.53. The lowest BCUT2D eigenvalue weighted by Gasteiger charge is -2.16. The number of hydrogen-bond donors (Lipinski definition) is 1. The van der Waals surface area contributed by atoms with Gasteiger partial charge in [0, 0.05) is 18.0 Å². The summed E-state index contributed by atoms with van der Waals surface area (Å²) in [6, 6.07) is 10.2. The molecule has 0 radical (unpaired) electrons. The molecular weight excluding hydrogens is 318 g/mol. The summed E-state index contributed by atoms with van der Waals surface area (Å²) in [5, 5.41) is 2.92. The molecule has 4 nitrogen and oxygen atoms in total. The zero-order valence-corrected chi connectivity index (χ0v) is 15.0. The first kappa shape index (κ1) is 16.8. The summed E-state index contributed by atoms with van der Waals surface area (Å²) in [6.45, 7) is 6.29. The van der Waals surface area contributed by atoms with E-state index in [2.05, 4.69) is 47.2 Å². The number of thioether (sulfide) groups is 1. The summed E-state index contributed by atoms with van der Waals surface area (Å²) in [5.41, 5.74) is 3.17. The average Bonchev–Trinajstić information content (AvgIpc) is 3.11. The van der Waals surface area contributed by atoms with Gasteiger partial charge in [-0.25, -0.2) is 4.98 Å². The van der Waals surface area contributed by atoms with Crippen LogP contribution in [-0.2, 0) is 4.79 Å². The number of anilines is 2. The molecule has 1 N–H and O–H groups in total. The van der Waals surface area contributed by atoms with Crippen LogP contribution < -0.4 is 10.2 Å². The molecule has 1 amide bonds. The minimum Gasteiger partial charge on any atom is -0.357 e. The molecule has 24 heavy (non-hydrogen) atoms. The molecule has 1 aromatic heterocycles. The lowest BCUT2D eigenvalue weighted by Crippen LogP contribution is -2.19. The predicted molar refractivity (Wildman–Crippen MR) is 101 cm³/mol. The molecule has 126 valence electrons. The van der Waals surface area contributed by atoms with E-state index in [1.807, 2.05) is 12.1 Å². The molecule has 1 aromatic carbocycles. The topological polar surface area (TPSA) is 45.2 Å². The zero-order chi connectivity index (χ0) is 16.9. The largest absolute Gasteiger partial charge is 0.357 e. The van der Waals surface area contributed by atoms with Crippen LogP contribution in [0.5, 0.6) is 0 Å². The van der Waals surface area contributed by atoms with Crippen LogP contribution >= 0.6 is 11.8 Å². The van der Waals surface area contributed by atoms with Crippen molar-refractivity contribution in [2.24, 2.45) is 0 Å². The first-order chi connectivity index (χ1) is 11.6. The second-order valence-corrected chi connectivity index (χ2v) is 7.22. The number of aryl methyl sites for hydroxylation is 2. The van der Waals surface area contributed by atoms with Crippen molar-refractivity contribution in [1.29, 1.82) is 0 Å². The highest BCUT2D eigenvalue weighted by Gasteiger charge is 2.13. The Morgan fingerprint density at radius 3 is 2.71 bits per heavy atom. The van der Waals surface area contributed by atoms with Crippen molar-refractivity contribution in [3.05, 3.63) is 47.7 Å². The molecule has 0 atom stereocenters. The number of nitrogens with one attached hydrogen (secondary N) is 1. The highest BCUT2D eigenvalue weighted by Crippen LogP contribution is 2.24. The number of carbonyl (C=O) groups is 1. The number of benzene rings is 1. The molecule has 2 aromatic rings. The number of nitrogens with zero attached hydrogens (tertiary/aromatic N) is 2. The van der Waals surface area contributed by atoms with Crippen LogP contribution in [0.1, 0.15) is 24.0 Å². The molecule has 1 saturated heterocycles. The first-order valence-electron chi connectivity index (χ1n) is 8.33. The van der Waals surface area contributed by atoms with Crippen LogP contribution in [0.25, 0.3) is 0 Å². The van der Waals surface area contributed by atoms with Crippen molar-refractivity contribution in [2.45, 2.75) is 31.6 Å². The van der Waals surface area contributed by atoms with Crippen molar-refractivity contribution in [3.63, 3.8) is 0 Å². The van der Waals surface area contributed by atoms with Crippen LogP contribution in [0.2, 0.25) is 0 Å². The van der Waals surface area contributed by atoms with E-state index in [9.17, 15) is 4.79 Å². The van der Waals surface area contributed by atoms with Crippen LogP contribution in [-0.4, -0.2) is 29.7 Å². The molecule has 5 heteroatoms. The third-order valence-corrected chi connectivity index (χ3v) is 5.32. The maximum Gasteiger partial charge on any atom is 0.234 e. The number of aromatic nitrogens is 1. The van der Waals surface area contributed by atoms with Crippen molar-refractivity contribution in [1.82, 2.24) is 4.98 Å². The minimum absolute atomic E-state index is 0.00312. The Bertz CT molecular complexity index is 709. The lowest BCUT2D eigenvalue weighted by atomic mass is 10.2. The number of carbonyl (C=O) groups excluding carboxylic acids is 1. The molecule has 2 heterocycles. The van der Waals surface area contributed by atoms with Crippen molar-refractivity contribution >= 4 is 29.2 Å². The quantitative estimate of drug-likeness (QED) is 0.834. The summed E-state index contributed by atoms with van der Waals surface area (Å²) >= 11 is 1.57. The third kappa shape index (κ3) is 4.29. The molecule has 1 aliphatic rings. The summed E-state index contributed by atoms with van der Waals surface area (Å²) < 4.78 is 0. The minimum atomic E-state index is -0.00312. The number of hydrogen-bond acceptors (Lipinski definition) is 4. The fraction of sp³-hybridized carbons (Fsp3) is 0.368. The van der Waals surface area contributed by atoms with Crippen molar-refractivity contribution in [3.8, 4) is 0 Å². The van der Waals surface area contributed by atoms with Gasteiger partial charge in [-0.3, -0.25) is 4.79 Å². The summed E-state index contributed by atoms with van der Waals surface area (Å²) in [7, 11) is 0. The number of amides is 1. The molecule has 0 unspecified atom stereocenters. The van der Waals surface area contributed by atoms with E-state index < -0.39 is 0 Å². The molecule has 1 fully saturated rings. The maximum absolute atomic E-state index is 12.2.